The Morgan fingerprint density at radius 3 is 2.71 bits per heavy atom. The predicted molar refractivity (Wildman–Crippen MR) is 85.0 cm³/mol. The highest BCUT2D eigenvalue weighted by Gasteiger charge is 2.12. The van der Waals surface area contributed by atoms with Crippen LogP contribution in [0.3, 0.4) is 0 Å². The molecule has 0 fully saturated rings. The lowest BCUT2D eigenvalue weighted by Gasteiger charge is -2.09. The van der Waals surface area contributed by atoms with Gasteiger partial charge in [0.15, 0.2) is 0 Å². The summed E-state index contributed by atoms with van der Waals surface area (Å²) in [7, 11) is 0. The molecule has 21 heavy (non-hydrogen) atoms. The Morgan fingerprint density at radius 1 is 1.29 bits per heavy atom. The number of aryl methyl sites for hydroxylation is 2. The van der Waals surface area contributed by atoms with Gasteiger partial charge in [-0.3, -0.25) is 10.1 Å². The molecule has 0 aliphatic carbocycles. The second-order valence-corrected chi connectivity index (χ2v) is 5.77. The topological polar surface area (TPSA) is 79.8 Å². The van der Waals surface area contributed by atoms with Gasteiger partial charge >= 0.3 is 0 Å². The summed E-state index contributed by atoms with van der Waals surface area (Å²) in [5.41, 5.74) is 1.46. The van der Waals surface area contributed by atoms with E-state index in [1.807, 2.05) is 13.8 Å². The van der Waals surface area contributed by atoms with E-state index in [1.54, 1.807) is 12.1 Å². The lowest BCUT2D eigenvalue weighted by Crippen LogP contribution is -2.14. The summed E-state index contributed by atoms with van der Waals surface area (Å²) < 4.78 is 0. The van der Waals surface area contributed by atoms with E-state index >= 15 is 0 Å². The summed E-state index contributed by atoms with van der Waals surface area (Å²) in [5, 5.41) is 15.1. The fourth-order valence-electron chi connectivity index (χ4n) is 1.76. The number of amides is 1. The molecule has 0 saturated carbocycles. The third-order valence-electron chi connectivity index (χ3n) is 2.81. The summed E-state index contributed by atoms with van der Waals surface area (Å²) in [6, 6.07) is 3.57. The van der Waals surface area contributed by atoms with Crippen molar-refractivity contribution in [1.29, 1.82) is 0 Å². The van der Waals surface area contributed by atoms with Crippen LogP contribution >= 0.6 is 11.3 Å². The maximum Gasteiger partial charge on any atom is 0.257 e. The fourth-order valence-corrected chi connectivity index (χ4v) is 2.35. The number of nitrogens with zero attached hydrogens (tertiary/aromatic N) is 3. The minimum Gasteiger partial charge on any atom is -0.370 e. The smallest absolute Gasteiger partial charge is 0.257 e. The van der Waals surface area contributed by atoms with Gasteiger partial charge in [-0.2, -0.15) is 0 Å². The number of carbonyl (C=O) groups is 1. The van der Waals surface area contributed by atoms with Crippen LogP contribution in [-0.2, 0) is 6.42 Å². The first kappa shape index (κ1) is 15.4. The van der Waals surface area contributed by atoms with Gasteiger partial charge in [0.25, 0.3) is 5.91 Å². The number of rotatable bonds is 6. The van der Waals surface area contributed by atoms with Gasteiger partial charge in [-0.05, 0) is 31.9 Å². The van der Waals surface area contributed by atoms with Gasteiger partial charge in [-0.1, -0.05) is 25.2 Å². The number of anilines is 2. The summed E-state index contributed by atoms with van der Waals surface area (Å²) in [6.07, 6.45) is 1.78. The summed E-state index contributed by atoms with van der Waals surface area (Å²) >= 11 is 1.35. The number of pyridine rings is 1. The maximum atomic E-state index is 12.3. The molecule has 2 N–H and O–H groups in total. The van der Waals surface area contributed by atoms with Crippen LogP contribution in [0.15, 0.2) is 12.1 Å². The maximum absolute atomic E-state index is 12.3. The molecule has 0 atom stereocenters. The molecular formula is C14H19N5OS. The monoisotopic (exact) mass is 305 g/mol. The lowest BCUT2D eigenvalue weighted by molar-refractivity contribution is 0.102. The molecule has 1 amide bonds. The first-order valence-corrected chi connectivity index (χ1v) is 7.80. The molecule has 0 aliphatic heterocycles. The van der Waals surface area contributed by atoms with Gasteiger partial charge < -0.3 is 5.32 Å². The van der Waals surface area contributed by atoms with Crippen molar-refractivity contribution in [2.75, 3.05) is 17.2 Å². The van der Waals surface area contributed by atoms with E-state index in [9.17, 15) is 4.79 Å². The van der Waals surface area contributed by atoms with Crippen molar-refractivity contribution >= 4 is 28.2 Å². The molecule has 0 spiro atoms. The molecule has 6 nitrogen and oxygen atoms in total. The van der Waals surface area contributed by atoms with Gasteiger partial charge in [0.2, 0.25) is 5.13 Å². The Hall–Kier alpha value is -2.02. The molecule has 112 valence electrons. The minimum absolute atomic E-state index is 0.192. The zero-order valence-electron chi connectivity index (χ0n) is 12.4. The van der Waals surface area contributed by atoms with Gasteiger partial charge in [-0.25, -0.2) is 4.98 Å². The van der Waals surface area contributed by atoms with Crippen molar-refractivity contribution in [3.8, 4) is 0 Å². The Morgan fingerprint density at radius 2 is 2.10 bits per heavy atom. The fraction of sp³-hybridized carbons (Fsp3) is 0.429. The van der Waals surface area contributed by atoms with E-state index in [0.29, 0.717) is 10.7 Å². The average molecular weight is 305 g/mol. The standard InChI is InChI=1S/C14H19N5OS/c1-4-6-15-12-8-10(7-11(5-2)16-12)13(20)17-14-19-18-9(3)21-14/h7-8H,4-6H2,1-3H3,(H,15,16)(H,17,19,20). The van der Waals surface area contributed by atoms with Crippen LogP contribution in [0.25, 0.3) is 0 Å². The van der Waals surface area contributed by atoms with E-state index in [2.05, 4.69) is 32.7 Å². The number of carbonyl (C=O) groups excluding carboxylic acids is 1. The third kappa shape index (κ3) is 4.22. The van der Waals surface area contributed by atoms with E-state index in [-0.39, 0.29) is 5.91 Å². The van der Waals surface area contributed by atoms with Crippen molar-refractivity contribution in [2.45, 2.75) is 33.6 Å². The third-order valence-corrected chi connectivity index (χ3v) is 3.56. The van der Waals surface area contributed by atoms with Crippen molar-refractivity contribution in [1.82, 2.24) is 15.2 Å². The Balaban J connectivity index is 2.18. The van der Waals surface area contributed by atoms with E-state index < -0.39 is 0 Å². The first-order chi connectivity index (χ1) is 10.1. The van der Waals surface area contributed by atoms with Crippen LogP contribution in [0.5, 0.6) is 0 Å². The number of aromatic nitrogens is 3. The Labute approximate surface area is 128 Å². The van der Waals surface area contributed by atoms with Crippen LogP contribution in [0, 0.1) is 6.92 Å². The van der Waals surface area contributed by atoms with Gasteiger partial charge in [0, 0.05) is 17.8 Å². The number of hydrogen-bond acceptors (Lipinski definition) is 6. The second kappa shape index (κ2) is 7.12. The van der Waals surface area contributed by atoms with E-state index in [1.165, 1.54) is 11.3 Å². The summed E-state index contributed by atoms with van der Waals surface area (Å²) in [5.74, 6) is 0.539. The van der Waals surface area contributed by atoms with Gasteiger partial charge in [0.05, 0.1) is 0 Å². The quantitative estimate of drug-likeness (QED) is 0.858. The van der Waals surface area contributed by atoms with Crippen LogP contribution in [-0.4, -0.2) is 27.6 Å². The molecule has 0 bridgehead atoms. The molecule has 2 aromatic heterocycles. The van der Waals surface area contributed by atoms with E-state index in [0.717, 1.165) is 35.9 Å². The molecule has 0 radical (unpaired) electrons. The van der Waals surface area contributed by atoms with Crippen molar-refractivity contribution in [3.63, 3.8) is 0 Å². The minimum atomic E-state index is -0.192. The van der Waals surface area contributed by atoms with Crippen LogP contribution < -0.4 is 10.6 Å². The molecule has 0 aliphatic rings. The first-order valence-electron chi connectivity index (χ1n) is 6.98. The number of hydrogen-bond donors (Lipinski definition) is 2. The molecule has 7 heteroatoms. The molecule has 0 aromatic carbocycles. The van der Waals surface area contributed by atoms with E-state index in [4.69, 9.17) is 0 Å². The Kier molecular flexibility index (Phi) is 5.21. The largest absolute Gasteiger partial charge is 0.370 e. The normalized spacial score (nSPS) is 10.4. The highest BCUT2D eigenvalue weighted by atomic mass is 32.1. The van der Waals surface area contributed by atoms with Crippen LogP contribution in [0.4, 0.5) is 10.9 Å². The van der Waals surface area contributed by atoms with Crippen LogP contribution in [0.1, 0.15) is 41.3 Å². The van der Waals surface area contributed by atoms with Gasteiger partial charge in [0.1, 0.15) is 10.8 Å². The second-order valence-electron chi connectivity index (χ2n) is 4.59. The zero-order chi connectivity index (χ0) is 15.2. The predicted octanol–water partition coefficient (Wildman–Crippen LogP) is 2.88. The molecule has 2 rings (SSSR count). The zero-order valence-corrected chi connectivity index (χ0v) is 13.3. The van der Waals surface area contributed by atoms with Crippen molar-refractivity contribution in [2.24, 2.45) is 0 Å². The number of nitrogens with one attached hydrogen (secondary N) is 2. The SMILES string of the molecule is CCCNc1cc(C(=O)Nc2nnc(C)s2)cc(CC)n1. The molecule has 2 aromatic rings. The van der Waals surface area contributed by atoms with Gasteiger partial charge in [-0.15, -0.1) is 10.2 Å². The molecule has 0 saturated heterocycles. The summed E-state index contributed by atoms with van der Waals surface area (Å²) in [4.78, 5) is 16.8. The van der Waals surface area contributed by atoms with Crippen molar-refractivity contribution < 1.29 is 4.79 Å². The highest BCUT2D eigenvalue weighted by molar-refractivity contribution is 7.15. The molecule has 2 heterocycles. The molecular weight excluding hydrogens is 286 g/mol. The van der Waals surface area contributed by atoms with Crippen molar-refractivity contribution in [3.05, 3.63) is 28.4 Å². The lowest BCUT2D eigenvalue weighted by atomic mass is 10.2. The molecule has 0 unspecified atom stereocenters. The van der Waals surface area contributed by atoms with Crippen LogP contribution in [0.2, 0.25) is 0 Å². The average Bonchev–Trinajstić information content (AvgIpc) is 2.89. The highest BCUT2D eigenvalue weighted by Crippen LogP contribution is 2.17. The summed E-state index contributed by atoms with van der Waals surface area (Å²) in [6.45, 7) is 6.78. The Bertz CT molecular complexity index is 626.